The smallest absolute Gasteiger partial charge is 0.406 e. The Balaban J connectivity index is 2.13. The van der Waals surface area contributed by atoms with Crippen molar-refractivity contribution in [2.24, 2.45) is 0 Å². The summed E-state index contributed by atoms with van der Waals surface area (Å²) in [4.78, 5) is 22.4. The van der Waals surface area contributed by atoms with Gasteiger partial charge in [-0.2, -0.15) is 0 Å². The third-order valence-electron chi connectivity index (χ3n) is 3.21. The molecule has 0 saturated heterocycles. The first-order valence-corrected chi connectivity index (χ1v) is 10.1. The maximum absolute atomic E-state index is 12.4. The van der Waals surface area contributed by atoms with Gasteiger partial charge in [-0.05, 0) is 36.4 Å². The van der Waals surface area contributed by atoms with E-state index in [1.807, 2.05) is 0 Å². The van der Waals surface area contributed by atoms with E-state index in [2.05, 4.69) is 9.46 Å². The number of anilines is 1. The summed E-state index contributed by atoms with van der Waals surface area (Å²) in [5, 5.41) is -0.200. The van der Waals surface area contributed by atoms with Crippen LogP contribution in [0.4, 0.5) is 18.9 Å². The second-order valence-corrected chi connectivity index (χ2v) is 8.24. The van der Waals surface area contributed by atoms with Crippen LogP contribution in [0.15, 0.2) is 53.4 Å². The van der Waals surface area contributed by atoms with Crippen molar-refractivity contribution in [3.8, 4) is 5.75 Å². The lowest BCUT2D eigenvalue weighted by Gasteiger charge is -2.12. The van der Waals surface area contributed by atoms with Gasteiger partial charge >= 0.3 is 6.36 Å². The second-order valence-electron chi connectivity index (χ2n) is 5.41. The number of benzene rings is 2. The predicted octanol–water partition coefficient (Wildman–Crippen LogP) is 3.85. The van der Waals surface area contributed by atoms with Crippen molar-refractivity contribution in [1.29, 1.82) is 0 Å². The van der Waals surface area contributed by atoms with Crippen molar-refractivity contribution in [3.05, 3.63) is 54.1 Å². The average Bonchev–Trinajstić information content (AvgIpc) is 2.58. The molecule has 6 nitrogen and oxygen atoms in total. The second kappa shape index (κ2) is 8.65. The van der Waals surface area contributed by atoms with Gasteiger partial charge in [0.1, 0.15) is 5.75 Å². The molecule has 2 rings (SSSR count). The van der Waals surface area contributed by atoms with E-state index in [9.17, 15) is 31.2 Å². The SMILES string of the molecule is CC(=O)SCC(=O)c1ccc(NS(=O)(=O)c2cccc(OC(F)(F)F)c2)cc1. The van der Waals surface area contributed by atoms with E-state index >= 15 is 0 Å². The Hall–Kier alpha value is -2.53. The zero-order valence-electron chi connectivity index (χ0n) is 14.3. The summed E-state index contributed by atoms with van der Waals surface area (Å²) >= 11 is 0.859. The fourth-order valence-electron chi connectivity index (χ4n) is 2.03. The Bertz CT molecular complexity index is 973. The number of alkyl halides is 3. The molecule has 0 heterocycles. The summed E-state index contributed by atoms with van der Waals surface area (Å²) in [6, 6.07) is 9.37. The average molecular weight is 433 g/mol. The molecule has 1 N–H and O–H groups in total. The number of ketones is 1. The van der Waals surface area contributed by atoms with Crippen LogP contribution in [-0.4, -0.2) is 31.4 Å². The number of nitrogens with one attached hydrogen (secondary N) is 1. The van der Waals surface area contributed by atoms with Crippen molar-refractivity contribution in [2.45, 2.75) is 18.2 Å². The molecule has 0 spiro atoms. The quantitative estimate of drug-likeness (QED) is 0.668. The van der Waals surface area contributed by atoms with Gasteiger partial charge in [-0.3, -0.25) is 14.3 Å². The molecule has 28 heavy (non-hydrogen) atoms. The lowest BCUT2D eigenvalue weighted by molar-refractivity contribution is -0.274. The molecule has 0 unspecified atom stereocenters. The summed E-state index contributed by atoms with van der Waals surface area (Å²) in [7, 11) is -4.18. The molecule has 0 aliphatic carbocycles. The lowest BCUT2D eigenvalue weighted by Crippen LogP contribution is -2.18. The van der Waals surface area contributed by atoms with Crippen LogP contribution in [0.3, 0.4) is 0 Å². The highest BCUT2D eigenvalue weighted by atomic mass is 32.2. The minimum absolute atomic E-state index is 0.0353. The molecule has 2 aromatic rings. The minimum Gasteiger partial charge on any atom is -0.406 e. The normalized spacial score (nSPS) is 11.7. The van der Waals surface area contributed by atoms with Gasteiger partial charge in [0.15, 0.2) is 10.9 Å². The lowest BCUT2D eigenvalue weighted by atomic mass is 10.1. The number of ether oxygens (including phenoxy) is 1. The topological polar surface area (TPSA) is 89.5 Å². The first-order chi connectivity index (χ1) is 13.0. The molecule has 0 radical (unpaired) electrons. The Morgan fingerprint density at radius 3 is 2.32 bits per heavy atom. The van der Waals surface area contributed by atoms with Crippen molar-refractivity contribution in [1.82, 2.24) is 0 Å². The number of hydrogen-bond donors (Lipinski definition) is 1. The van der Waals surface area contributed by atoms with Gasteiger partial charge in [0, 0.05) is 24.2 Å². The summed E-state index contributed by atoms with van der Waals surface area (Å²) in [5.74, 6) is -1.00. The van der Waals surface area contributed by atoms with Crippen LogP contribution in [0.2, 0.25) is 0 Å². The van der Waals surface area contributed by atoms with E-state index in [1.165, 1.54) is 31.2 Å². The molecule has 0 aliphatic rings. The Labute approximate surface area is 163 Å². The van der Waals surface area contributed by atoms with Crippen LogP contribution in [0, 0.1) is 0 Å². The molecule has 11 heteroatoms. The van der Waals surface area contributed by atoms with E-state index in [0.29, 0.717) is 0 Å². The van der Waals surface area contributed by atoms with Crippen molar-refractivity contribution < 1.29 is 35.9 Å². The standard InChI is InChI=1S/C17H14F3NO5S2/c1-11(22)27-10-16(23)12-5-7-13(8-6-12)21-28(24,25)15-4-2-3-14(9-15)26-17(18,19)20/h2-9,21H,10H2,1H3. The molecule has 0 atom stereocenters. The van der Waals surface area contributed by atoms with Crippen molar-refractivity contribution in [3.63, 3.8) is 0 Å². The van der Waals surface area contributed by atoms with E-state index in [0.717, 1.165) is 36.0 Å². The van der Waals surface area contributed by atoms with E-state index in [4.69, 9.17) is 0 Å². The van der Waals surface area contributed by atoms with Gasteiger partial charge in [0.25, 0.3) is 10.0 Å². The molecule has 0 fully saturated rings. The Kier molecular flexibility index (Phi) is 6.73. The van der Waals surface area contributed by atoms with Crippen LogP contribution in [-0.2, 0) is 14.8 Å². The highest BCUT2D eigenvalue weighted by molar-refractivity contribution is 8.14. The number of carbonyl (C=O) groups is 2. The fraction of sp³-hybridized carbons (Fsp3) is 0.176. The number of halogens is 3. The Morgan fingerprint density at radius 2 is 1.75 bits per heavy atom. The van der Waals surface area contributed by atoms with Gasteiger partial charge in [-0.25, -0.2) is 8.42 Å². The van der Waals surface area contributed by atoms with Crippen LogP contribution in [0.1, 0.15) is 17.3 Å². The van der Waals surface area contributed by atoms with Gasteiger partial charge in [0.05, 0.1) is 10.6 Å². The largest absolute Gasteiger partial charge is 0.573 e. The van der Waals surface area contributed by atoms with Crippen LogP contribution < -0.4 is 9.46 Å². The number of sulfonamides is 1. The predicted molar refractivity (Wildman–Crippen MR) is 97.8 cm³/mol. The van der Waals surface area contributed by atoms with Gasteiger partial charge < -0.3 is 4.74 Å². The summed E-state index contributed by atoms with van der Waals surface area (Å²) in [6.07, 6.45) is -4.95. The molecule has 0 amide bonds. The molecule has 0 saturated carbocycles. The first kappa shape index (κ1) is 21.8. The number of carbonyl (C=O) groups excluding carboxylic acids is 2. The zero-order valence-corrected chi connectivity index (χ0v) is 16.0. The third-order valence-corrected chi connectivity index (χ3v) is 5.41. The monoisotopic (exact) mass is 433 g/mol. The number of Topliss-reactive ketones (excluding diaryl/α,β-unsaturated/α-hetero) is 1. The van der Waals surface area contributed by atoms with Gasteiger partial charge in [-0.15, -0.1) is 13.2 Å². The van der Waals surface area contributed by atoms with E-state index in [1.54, 1.807) is 0 Å². The molecular weight excluding hydrogens is 419 g/mol. The van der Waals surface area contributed by atoms with E-state index < -0.39 is 27.0 Å². The molecule has 2 aromatic carbocycles. The molecular formula is C17H14F3NO5S2. The van der Waals surface area contributed by atoms with Crippen LogP contribution >= 0.6 is 11.8 Å². The zero-order chi connectivity index (χ0) is 20.9. The Morgan fingerprint density at radius 1 is 1.11 bits per heavy atom. The number of thioether (sulfide) groups is 1. The first-order valence-electron chi connectivity index (χ1n) is 7.61. The molecule has 0 aliphatic heterocycles. The molecule has 0 aromatic heterocycles. The van der Waals surface area contributed by atoms with Crippen LogP contribution in [0.25, 0.3) is 0 Å². The minimum atomic E-state index is -4.95. The number of hydrogen-bond acceptors (Lipinski definition) is 6. The maximum Gasteiger partial charge on any atom is 0.573 e. The summed E-state index contributed by atoms with van der Waals surface area (Å²) in [5.41, 5.74) is 0.398. The number of rotatable bonds is 7. The molecule has 0 bridgehead atoms. The molecule has 150 valence electrons. The highest BCUT2D eigenvalue weighted by Gasteiger charge is 2.31. The van der Waals surface area contributed by atoms with Crippen molar-refractivity contribution >= 4 is 38.4 Å². The summed E-state index contributed by atoms with van der Waals surface area (Å²) < 4.78 is 67.5. The van der Waals surface area contributed by atoms with E-state index in [-0.39, 0.29) is 27.9 Å². The summed E-state index contributed by atoms with van der Waals surface area (Å²) in [6.45, 7) is 1.34. The highest BCUT2D eigenvalue weighted by Crippen LogP contribution is 2.26. The van der Waals surface area contributed by atoms with Crippen molar-refractivity contribution in [2.75, 3.05) is 10.5 Å². The van der Waals surface area contributed by atoms with Gasteiger partial charge in [-0.1, -0.05) is 17.8 Å². The van der Waals surface area contributed by atoms with Gasteiger partial charge in [0.2, 0.25) is 0 Å². The van der Waals surface area contributed by atoms with Crippen LogP contribution in [0.5, 0.6) is 5.75 Å². The fourth-order valence-corrected chi connectivity index (χ4v) is 3.62. The third kappa shape index (κ3) is 6.57. The maximum atomic E-state index is 12.4.